The number of fused-ring (bicyclic) bond motifs is 3. The summed E-state index contributed by atoms with van der Waals surface area (Å²) < 4.78 is 1.42. The third-order valence-electron chi connectivity index (χ3n) is 7.12. The summed E-state index contributed by atoms with van der Waals surface area (Å²) in [6.45, 7) is 4.57. The molecule has 3 heteroatoms. The van der Waals surface area contributed by atoms with Crippen molar-refractivity contribution >= 4 is 8.78 Å². The van der Waals surface area contributed by atoms with Crippen LogP contribution >= 0.6 is 0 Å². The molecule has 0 bridgehead atoms. The summed E-state index contributed by atoms with van der Waals surface area (Å²) in [7, 11) is 0. The number of hydrogen-bond acceptors (Lipinski definition) is 0. The molecule has 0 aliphatic heterocycles. The molecule has 0 unspecified atom stereocenters. The Morgan fingerprint density at radius 1 is 0.763 bits per heavy atom. The molecule has 0 N–H and O–H groups in total. The molecule has 6 rings (SSSR count). The van der Waals surface area contributed by atoms with Gasteiger partial charge in [0.1, 0.15) is 0 Å². The van der Waals surface area contributed by atoms with Gasteiger partial charge in [-0.1, -0.05) is 67.8 Å². The summed E-state index contributed by atoms with van der Waals surface area (Å²) in [5.74, 6) is 0. The first-order chi connectivity index (χ1) is 17.7. The van der Waals surface area contributed by atoms with E-state index in [1.807, 2.05) is 0 Å². The molecule has 0 atom stereocenters. The second-order valence-corrected chi connectivity index (χ2v) is 10.5. The van der Waals surface area contributed by atoms with Gasteiger partial charge >= 0.3 is 99.2 Å². The molecule has 0 radical (unpaired) electrons. The molecule has 0 nitrogen and oxygen atoms in total. The van der Waals surface area contributed by atoms with Gasteiger partial charge in [-0.05, 0) is 24.8 Å². The fourth-order valence-electron chi connectivity index (χ4n) is 5.40. The molecule has 0 aromatic heterocycles. The van der Waals surface area contributed by atoms with E-state index < -0.39 is 0 Å². The summed E-state index contributed by atoms with van der Waals surface area (Å²) in [4.78, 5) is 0. The van der Waals surface area contributed by atoms with E-state index in [9.17, 15) is 0 Å². The average Bonchev–Trinajstić information content (AvgIpc) is 3.61. The summed E-state index contributed by atoms with van der Waals surface area (Å²) >= 11 is 1.46. The first kappa shape index (κ1) is 30.2. The van der Waals surface area contributed by atoms with Gasteiger partial charge in [0.2, 0.25) is 0 Å². The first-order valence-electron chi connectivity index (χ1n) is 12.9. The molecule has 2 aliphatic carbocycles. The minimum absolute atomic E-state index is 0. The summed E-state index contributed by atoms with van der Waals surface area (Å²) in [5, 5.41) is 0. The molecular formula is C35H31Cl2Zr-. The van der Waals surface area contributed by atoms with E-state index in [-0.39, 0.29) is 24.8 Å². The minimum atomic E-state index is 0. The normalized spacial score (nSPS) is 12.3. The number of rotatable bonds is 5. The maximum absolute atomic E-state index is 3.80. The van der Waals surface area contributed by atoms with Gasteiger partial charge in [0.25, 0.3) is 0 Å². The van der Waals surface area contributed by atoms with Crippen LogP contribution in [0.4, 0.5) is 0 Å². The standard InChI is InChI=1S/C22H21.C13H10.2ClH.Zr/c1-3-18-19(4-2)22-17(13-16-11-7-8-12-20(16)22)14-21(18)15-9-5-6-10-15;1-3-7-12(8-4-1)11-13-9-5-2-6-10-13;;;/h5-9,11-12H,3-4,10,13H2,1-2H3;1-10H;2*1H;/q-1;;;;+2/p-2. The van der Waals surface area contributed by atoms with Gasteiger partial charge in [-0.25, -0.2) is 0 Å². The predicted octanol–water partition coefficient (Wildman–Crippen LogP) is 2.34. The quantitative estimate of drug-likeness (QED) is 0.267. The SMILES string of the molecule is CCc1c(C2=CC=CC2)[c-]c2c(c1CC)-c1ccccc1C2.[Cl-].[Cl-].[Zr+2]=[C](c1ccccc1)c1ccccc1. The van der Waals surface area contributed by atoms with Crippen molar-refractivity contribution in [3.05, 3.63) is 148 Å². The Labute approximate surface area is 255 Å². The van der Waals surface area contributed by atoms with Crippen molar-refractivity contribution in [1.82, 2.24) is 0 Å². The van der Waals surface area contributed by atoms with Crippen LogP contribution < -0.4 is 24.8 Å². The molecule has 190 valence electrons. The van der Waals surface area contributed by atoms with Gasteiger partial charge < -0.3 is 24.8 Å². The van der Waals surface area contributed by atoms with Crippen molar-refractivity contribution in [3.8, 4) is 11.1 Å². The number of halogens is 2. The van der Waals surface area contributed by atoms with Crippen LogP contribution in [0.1, 0.15) is 59.2 Å². The van der Waals surface area contributed by atoms with Crippen LogP contribution in [0.3, 0.4) is 0 Å². The number of allylic oxidation sites excluding steroid dienone is 4. The molecule has 2 aliphatic rings. The first-order valence-corrected chi connectivity index (χ1v) is 14.2. The van der Waals surface area contributed by atoms with Crippen LogP contribution in [0.2, 0.25) is 0 Å². The van der Waals surface area contributed by atoms with Crippen molar-refractivity contribution in [3.63, 3.8) is 0 Å². The Morgan fingerprint density at radius 3 is 1.89 bits per heavy atom. The monoisotopic (exact) mass is 611 g/mol. The zero-order chi connectivity index (χ0) is 24.9. The molecule has 0 fully saturated rings. The van der Waals surface area contributed by atoms with Gasteiger partial charge in [-0.2, -0.15) is 0 Å². The van der Waals surface area contributed by atoms with Gasteiger partial charge in [0, 0.05) is 0 Å². The summed E-state index contributed by atoms with van der Waals surface area (Å²) in [5.41, 5.74) is 14.3. The van der Waals surface area contributed by atoms with Gasteiger partial charge in [0.15, 0.2) is 0 Å². The van der Waals surface area contributed by atoms with Crippen LogP contribution in [-0.2, 0) is 43.5 Å². The van der Waals surface area contributed by atoms with E-state index in [0.717, 1.165) is 25.7 Å². The van der Waals surface area contributed by atoms with Crippen molar-refractivity contribution in [2.24, 2.45) is 0 Å². The molecule has 0 saturated heterocycles. The van der Waals surface area contributed by atoms with Gasteiger partial charge in [-0.15, -0.1) is 40.0 Å². The number of benzene rings is 4. The van der Waals surface area contributed by atoms with Crippen molar-refractivity contribution in [2.45, 2.75) is 39.5 Å². The van der Waals surface area contributed by atoms with E-state index in [4.69, 9.17) is 0 Å². The van der Waals surface area contributed by atoms with Crippen molar-refractivity contribution in [1.29, 1.82) is 0 Å². The van der Waals surface area contributed by atoms with Crippen LogP contribution in [-0.4, -0.2) is 3.21 Å². The Kier molecular flexibility index (Phi) is 11.3. The van der Waals surface area contributed by atoms with Crippen LogP contribution in [0.25, 0.3) is 16.7 Å². The van der Waals surface area contributed by atoms with Crippen LogP contribution in [0.5, 0.6) is 0 Å². The van der Waals surface area contributed by atoms with Gasteiger partial charge in [0.05, 0.1) is 0 Å². The third kappa shape index (κ3) is 6.29. The molecule has 0 saturated carbocycles. The Balaban J connectivity index is 0.000000219. The molecule has 0 spiro atoms. The third-order valence-corrected chi connectivity index (χ3v) is 8.54. The molecule has 4 aromatic rings. The Bertz CT molecular complexity index is 1410. The fourth-order valence-corrected chi connectivity index (χ4v) is 6.22. The average molecular weight is 614 g/mol. The fraction of sp³-hybridized carbons (Fsp3) is 0.171. The Morgan fingerprint density at radius 2 is 1.34 bits per heavy atom. The summed E-state index contributed by atoms with van der Waals surface area (Å²) in [6.07, 6.45) is 11.0. The van der Waals surface area contributed by atoms with Crippen LogP contribution in [0, 0.1) is 6.07 Å². The molecule has 38 heavy (non-hydrogen) atoms. The van der Waals surface area contributed by atoms with E-state index in [2.05, 4.69) is 123 Å². The van der Waals surface area contributed by atoms with E-state index in [1.165, 1.54) is 77.5 Å². The molecule has 0 heterocycles. The Hall–Kier alpha value is -2.31. The second-order valence-electron chi connectivity index (χ2n) is 9.28. The summed E-state index contributed by atoms with van der Waals surface area (Å²) in [6, 6.07) is 33.8. The zero-order valence-electron chi connectivity index (χ0n) is 21.9. The van der Waals surface area contributed by atoms with Crippen molar-refractivity contribution < 1.29 is 49.0 Å². The maximum atomic E-state index is 3.80. The van der Waals surface area contributed by atoms with E-state index in [0.29, 0.717) is 0 Å². The molecular weight excluding hydrogens is 583 g/mol. The predicted molar refractivity (Wildman–Crippen MR) is 150 cm³/mol. The second kappa shape index (κ2) is 14.2. The van der Waals surface area contributed by atoms with E-state index in [1.54, 1.807) is 5.56 Å². The topological polar surface area (TPSA) is 0 Å². The van der Waals surface area contributed by atoms with E-state index >= 15 is 0 Å². The molecule has 0 amide bonds. The van der Waals surface area contributed by atoms with Gasteiger partial charge in [-0.3, -0.25) is 0 Å². The van der Waals surface area contributed by atoms with Crippen molar-refractivity contribution in [2.75, 3.05) is 0 Å². The zero-order valence-corrected chi connectivity index (χ0v) is 25.9. The van der Waals surface area contributed by atoms with Crippen LogP contribution in [0.15, 0.2) is 103 Å². The molecule has 4 aromatic carbocycles. The number of hydrogen-bond donors (Lipinski definition) is 0.